The first-order valence-corrected chi connectivity index (χ1v) is 8.89. The highest BCUT2D eigenvalue weighted by Gasteiger charge is 2.27. The average molecular weight is 358 g/mol. The molecule has 2 atom stereocenters. The van der Waals surface area contributed by atoms with Crippen molar-refractivity contribution in [3.63, 3.8) is 0 Å². The number of carbonyl (C=O) groups is 2. The molecule has 140 valence electrons. The van der Waals surface area contributed by atoms with Crippen molar-refractivity contribution in [2.24, 2.45) is 5.92 Å². The standard InChI is InChI=1S/C19H26N4O3/c1-14(2)12-16(22-19(25)23-8-10-26-11-9-23)18(24)21-17(13-20)15-6-4-3-5-7-15/h3-7,14,16-17H,8-12H2,1-2H3,(H,21,24)(H,22,25)/t16-,17+/m0/s1. The van der Waals surface area contributed by atoms with Gasteiger partial charge in [0.1, 0.15) is 12.1 Å². The molecule has 2 rings (SSSR count). The van der Waals surface area contributed by atoms with Crippen LogP contribution in [0.2, 0.25) is 0 Å². The van der Waals surface area contributed by atoms with E-state index in [4.69, 9.17) is 4.74 Å². The maximum Gasteiger partial charge on any atom is 0.318 e. The van der Waals surface area contributed by atoms with Gasteiger partial charge in [-0.1, -0.05) is 44.2 Å². The molecule has 0 unspecified atom stereocenters. The zero-order valence-corrected chi connectivity index (χ0v) is 15.3. The molecule has 7 nitrogen and oxygen atoms in total. The molecule has 0 aliphatic carbocycles. The van der Waals surface area contributed by atoms with Crippen molar-refractivity contribution in [2.45, 2.75) is 32.4 Å². The molecule has 0 aromatic heterocycles. The lowest BCUT2D eigenvalue weighted by atomic mass is 10.0. The second-order valence-corrected chi connectivity index (χ2v) is 6.71. The molecular formula is C19H26N4O3. The van der Waals surface area contributed by atoms with Crippen LogP contribution in [0.15, 0.2) is 30.3 Å². The van der Waals surface area contributed by atoms with Crippen LogP contribution < -0.4 is 10.6 Å². The van der Waals surface area contributed by atoms with E-state index >= 15 is 0 Å². The summed E-state index contributed by atoms with van der Waals surface area (Å²) < 4.78 is 5.25. The van der Waals surface area contributed by atoms with Crippen molar-refractivity contribution >= 4 is 11.9 Å². The molecule has 1 aromatic carbocycles. The van der Waals surface area contributed by atoms with Gasteiger partial charge in [0.15, 0.2) is 0 Å². The monoisotopic (exact) mass is 358 g/mol. The number of benzene rings is 1. The number of hydrogen-bond donors (Lipinski definition) is 2. The first kappa shape index (κ1) is 19.7. The molecule has 1 saturated heterocycles. The molecule has 7 heteroatoms. The van der Waals surface area contributed by atoms with Gasteiger partial charge in [0, 0.05) is 13.1 Å². The third kappa shape index (κ3) is 5.74. The number of nitrogens with one attached hydrogen (secondary N) is 2. The van der Waals surface area contributed by atoms with Crippen molar-refractivity contribution in [3.05, 3.63) is 35.9 Å². The van der Waals surface area contributed by atoms with Gasteiger partial charge in [-0.05, 0) is 17.9 Å². The highest BCUT2D eigenvalue weighted by molar-refractivity contribution is 5.87. The maximum atomic E-state index is 12.7. The number of nitriles is 1. The van der Waals surface area contributed by atoms with Crippen molar-refractivity contribution in [3.8, 4) is 6.07 Å². The van der Waals surface area contributed by atoms with Gasteiger partial charge in [-0.3, -0.25) is 4.79 Å². The number of urea groups is 1. The lowest BCUT2D eigenvalue weighted by Gasteiger charge is -2.29. The Bertz CT molecular complexity index is 636. The minimum absolute atomic E-state index is 0.216. The predicted octanol–water partition coefficient (Wildman–Crippen LogP) is 1.82. The van der Waals surface area contributed by atoms with E-state index in [0.717, 1.165) is 0 Å². The summed E-state index contributed by atoms with van der Waals surface area (Å²) in [5.41, 5.74) is 0.714. The summed E-state index contributed by atoms with van der Waals surface area (Å²) in [6, 6.07) is 9.45. The van der Waals surface area contributed by atoms with Gasteiger partial charge in [-0.25, -0.2) is 4.79 Å². The van der Waals surface area contributed by atoms with E-state index in [0.29, 0.717) is 38.3 Å². The molecule has 1 aliphatic heterocycles. The van der Waals surface area contributed by atoms with Crippen LogP contribution in [0.4, 0.5) is 4.79 Å². The van der Waals surface area contributed by atoms with Crippen LogP contribution in [-0.2, 0) is 9.53 Å². The van der Waals surface area contributed by atoms with Crippen LogP contribution >= 0.6 is 0 Å². The number of rotatable bonds is 6. The molecule has 2 N–H and O–H groups in total. The third-order valence-corrected chi connectivity index (χ3v) is 4.17. The third-order valence-electron chi connectivity index (χ3n) is 4.17. The van der Waals surface area contributed by atoms with E-state index in [1.165, 1.54) is 0 Å². The van der Waals surface area contributed by atoms with Gasteiger partial charge in [0.05, 0.1) is 19.3 Å². The summed E-state index contributed by atoms with van der Waals surface area (Å²) >= 11 is 0. The second kappa shape index (κ2) is 9.78. The fraction of sp³-hybridized carbons (Fsp3) is 0.526. The smallest absolute Gasteiger partial charge is 0.318 e. The van der Waals surface area contributed by atoms with E-state index in [-0.39, 0.29) is 17.9 Å². The van der Waals surface area contributed by atoms with Crippen LogP contribution in [0.5, 0.6) is 0 Å². The summed E-state index contributed by atoms with van der Waals surface area (Å²) in [4.78, 5) is 26.8. The molecule has 0 bridgehead atoms. The van der Waals surface area contributed by atoms with Gasteiger partial charge in [0.25, 0.3) is 0 Å². The summed E-state index contributed by atoms with van der Waals surface area (Å²) in [6.45, 7) is 5.98. The Morgan fingerprint density at radius 1 is 1.19 bits per heavy atom. The van der Waals surface area contributed by atoms with Gasteiger partial charge in [0.2, 0.25) is 5.91 Å². The summed E-state index contributed by atoms with van der Waals surface area (Å²) in [6.07, 6.45) is 0.495. The Morgan fingerprint density at radius 3 is 2.42 bits per heavy atom. The second-order valence-electron chi connectivity index (χ2n) is 6.71. The van der Waals surface area contributed by atoms with Gasteiger partial charge in [-0.2, -0.15) is 5.26 Å². The summed E-state index contributed by atoms with van der Waals surface area (Å²) in [7, 11) is 0. The highest BCUT2D eigenvalue weighted by atomic mass is 16.5. The van der Waals surface area contributed by atoms with Gasteiger partial charge in [-0.15, -0.1) is 0 Å². The predicted molar refractivity (Wildman–Crippen MR) is 97.1 cm³/mol. The van der Waals surface area contributed by atoms with Crippen LogP contribution in [0.3, 0.4) is 0 Å². The zero-order valence-electron chi connectivity index (χ0n) is 15.3. The van der Waals surface area contributed by atoms with Crippen molar-refractivity contribution in [2.75, 3.05) is 26.3 Å². The minimum atomic E-state index is -0.751. The number of carbonyl (C=O) groups excluding carboxylic acids is 2. The molecule has 0 spiro atoms. The van der Waals surface area contributed by atoms with E-state index < -0.39 is 12.1 Å². The molecule has 1 heterocycles. The number of morpholine rings is 1. The van der Waals surface area contributed by atoms with Gasteiger partial charge >= 0.3 is 6.03 Å². The lowest BCUT2D eigenvalue weighted by Crippen LogP contribution is -2.54. The fourth-order valence-corrected chi connectivity index (χ4v) is 2.79. The Balaban J connectivity index is 2.03. The quantitative estimate of drug-likeness (QED) is 0.811. The lowest BCUT2D eigenvalue weighted by molar-refractivity contribution is -0.123. The number of amides is 3. The molecule has 0 saturated carbocycles. The Morgan fingerprint density at radius 2 is 1.85 bits per heavy atom. The molecular weight excluding hydrogens is 332 g/mol. The summed E-state index contributed by atoms with van der Waals surface area (Å²) in [5, 5.41) is 15.0. The Labute approximate surface area is 154 Å². The van der Waals surface area contributed by atoms with E-state index in [1.54, 1.807) is 17.0 Å². The highest BCUT2D eigenvalue weighted by Crippen LogP contribution is 2.13. The first-order valence-electron chi connectivity index (χ1n) is 8.89. The molecule has 0 radical (unpaired) electrons. The van der Waals surface area contributed by atoms with Crippen LogP contribution in [0.25, 0.3) is 0 Å². The van der Waals surface area contributed by atoms with Crippen LogP contribution in [-0.4, -0.2) is 49.2 Å². The van der Waals surface area contributed by atoms with Crippen molar-refractivity contribution < 1.29 is 14.3 Å². The normalized spacial score (nSPS) is 16.5. The molecule has 1 aliphatic rings. The minimum Gasteiger partial charge on any atom is -0.378 e. The molecule has 3 amide bonds. The molecule has 1 fully saturated rings. The van der Waals surface area contributed by atoms with Crippen LogP contribution in [0.1, 0.15) is 31.9 Å². The molecule has 1 aromatic rings. The Hall–Kier alpha value is -2.59. The maximum absolute atomic E-state index is 12.7. The topological polar surface area (TPSA) is 94.5 Å². The number of nitrogens with zero attached hydrogens (tertiary/aromatic N) is 2. The first-order chi connectivity index (χ1) is 12.5. The number of ether oxygens (including phenoxy) is 1. The SMILES string of the molecule is CC(C)C[C@H](NC(=O)N1CCOCC1)C(=O)N[C@H](C#N)c1ccccc1. The average Bonchev–Trinajstić information content (AvgIpc) is 2.66. The Kier molecular flexibility index (Phi) is 7.42. The summed E-state index contributed by atoms with van der Waals surface area (Å²) in [5.74, 6) is -0.135. The largest absolute Gasteiger partial charge is 0.378 e. The van der Waals surface area contributed by atoms with E-state index in [9.17, 15) is 14.9 Å². The van der Waals surface area contributed by atoms with Crippen molar-refractivity contribution in [1.29, 1.82) is 5.26 Å². The fourth-order valence-electron chi connectivity index (χ4n) is 2.79. The number of hydrogen-bond acceptors (Lipinski definition) is 4. The van der Waals surface area contributed by atoms with Crippen LogP contribution in [0, 0.1) is 17.2 Å². The van der Waals surface area contributed by atoms with Crippen molar-refractivity contribution in [1.82, 2.24) is 15.5 Å². The van der Waals surface area contributed by atoms with Gasteiger partial charge < -0.3 is 20.3 Å². The molecule has 26 heavy (non-hydrogen) atoms. The zero-order chi connectivity index (χ0) is 18.9. The van der Waals surface area contributed by atoms with E-state index in [1.807, 2.05) is 32.0 Å². The van der Waals surface area contributed by atoms with E-state index in [2.05, 4.69) is 16.7 Å².